The molecular weight excluding hydrogens is 336 g/mol. The lowest BCUT2D eigenvalue weighted by molar-refractivity contribution is 0.596. The number of hydrogen-bond acceptors (Lipinski definition) is 4. The molecule has 0 fully saturated rings. The van der Waals surface area contributed by atoms with Crippen LogP contribution < -0.4 is 9.86 Å². The van der Waals surface area contributed by atoms with E-state index in [4.69, 9.17) is 5.14 Å². The minimum Gasteiger partial charge on any atom is -0.280 e. The van der Waals surface area contributed by atoms with Crippen molar-refractivity contribution in [2.45, 2.75) is 24.5 Å². The first-order valence-electron chi connectivity index (χ1n) is 6.76. The summed E-state index contributed by atoms with van der Waals surface area (Å²) in [5, 5.41) is 5.00. The predicted molar refractivity (Wildman–Crippen MR) is 90.0 cm³/mol. The molecule has 124 valence electrons. The minimum absolute atomic E-state index is 0.150. The van der Waals surface area contributed by atoms with Crippen molar-refractivity contribution in [2.24, 2.45) is 5.14 Å². The van der Waals surface area contributed by atoms with Crippen LogP contribution in [0.2, 0.25) is 0 Å². The molecule has 0 aliphatic carbocycles. The van der Waals surface area contributed by atoms with Crippen molar-refractivity contribution < 1.29 is 16.8 Å². The first kappa shape index (κ1) is 17.5. The highest BCUT2D eigenvalue weighted by Crippen LogP contribution is 2.20. The van der Waals surface area contributed by atoms with Crippen molar-refractivity contribution >= 4 is 25.7 Å². The SMILES string of the molecule is Cc1ccc(S(=O)(=O)Nc2cccc(CS(N)(=O)=O)c2)cc1C. The maximum absolute atomic E-state index is 12.4. The summed E-state index contributed by atoms with van der Waals surface area (Å²) in [4.78, 5) is 0.150. The van der Waals surface area contributed by atoms with Crippen molar-refractivity contribution in [3.05, 3.63) is 59.2 Å². The summed E-state index contributed by atoms with van der Waals surface area (Å²) in [5.41, 5.74) is 2.56. The molecule has 6 nitrogen and oxygen atoms in total. The summed E-state index contributed by atoms with van der Waals surface area (Å²) >= 11 is 0. The molecule has 0 atom stereocenters. The Kier molecular flexibility index (Phi) is 4.79. The standard InChI is InChI=1S/C15H18N2O4S2/c1-11-6-7-15(8-12(11)2)23(20,21)17-14-5-3-4-13(9-14)10-22(16,18)19/h3-9,17H,10H2,1-2H3,(H2,16,18,19). The second-order valence-electron chi connectivity index (χ2n) is 5.36. The molecule has 0 spiro atoms. The quantitative estimate of drug-likeness (QED) is 0.855. The van der Waals surface area contributed by atoms with E-state index in [9.17, 15) is 16.8 Å². The molecule has 0 bridgehead atoms. The number of anilines is 1. The maximum Gasteiger partial charge on any atom is 0.261 e. The molecule has 8 heteroatoms. The van der Waals surface area contributed by atoms with Crippen molar-refractivity contribution in [2.75, 3.05) is 4.72 Å². The van der Waals surface area contributed by atoms with Gasteiger partial charge in [0.1, 0.15) is 0 Å². The Morgan fingerprint density at radius 2 is 1.65 bits per heavy atom. The molecule has 0 aliphatic heterocycles. The first-order chi connectivity index (χ1) is 10.6. The number of nitrogens with one attached hydrogen (secondary N) is 1. The normalized spacial score (nSPS) is 12.1. The maximum atomic E-state index is 12.4. The predicted octanol–water partition coefficient (Wildman–Crippen LogP) is 1.89. The highest BCUT2D eigenvalue weighted by molar-refractivity contribution is 7.92. The van der Waals surface area contributed by atoms with E-state index in [0.29, 0.717) is 5.56 Å². The zero-order valence-electron chi connectivity index (χ0n) is 12.8. The zero-order chi connectivity index (χ0) is 17.3. The van der Waals surface area contributed by atoms with Gasteiger partial charge in [-0.15, -0.1) is 0 Å². The van der Waals surface area contributed by atoms with Crippen LogP contribution in [0.15, 0.2) is 47.4 Å². The highest BCUT2D eigenvalue weighted by Gasteiger charge is 2.15. The van der Waals surface area contributed by atoms with Crippen LogP contribution in [0, 0.1) is 13.8 Å². The van der Waals surface area contributed by atoms with Gasteiger partial charge in [0.05, 0.1) is 10.6 Å². The second-order valence-corrected chi connectivity index (χ2v) is 8.66. The third-order valence-electron chi connectivity index (χ3n) is 3.34. The fraction of sp³-hybridized carbons (Fsp3) is 0.200. The Bertz CT molecular complexity index is 936. The van der Waals surface area contributed by atoms with Gasteiger partial charge >= 0.3 is 0 Å². The third kappa shape index (κ3) is 4.78. The summed E-state index contributed by atoms with van der Waals surface area (Å²) in [6.45, 7) is 3.73. The van der Waals surface area contributed by atoms with Crippen LogP contribution in [0.1, 0.15) is 16.7 Å². The number of aryl methyl sites for hydroxylation is 2. The van der Waals surface area contributed by atoms with Crippen LogP contribution in [0.4, 0.5) is 5.69 Å². The molecule has 0 saturated heterocycles. The molecule has 23 heavy (non-hydrogen) atoms. The molecule has 3 N–H and O–H groups in total. The Morgan fingerprint density at radius 3 is 2.26 bits per heavy atom. The molecule has 0 radical (unpaired) electrons. The molecule has 0 heterocycles. The Labute approximate surface area is 136 Å². The van der Waals surface area contributed by atoms with E-state index in [-0.39, 0.29) is 16.3 Å². The van der Waals surface area contributed by atoms with E-state index in [1.807, 2.05) is 13.8 Å². The third-order valence-corrected chi connectivity index (χ3v) is 5.45. The van der Waals surface area contributed by atoms with Gasteiger partial charge in [-0.2, -0.15) is 0 Å². The fourth-order valence-electron chi connectivity index (χ4n) is 2.05. The van der Waals surface area contributed by atoms with Crippen molar-refractivity contribution in [1.82, 2.24) is 0 Å². The van der Waals surface area contributed by atoms with Gasteiger partial charge < -0.3 is 0 Å². The molecule has 0 aliphatic rings. The van der Waals surface area contributed by atoms with Gasteiger partial charge in [-0.25, -0.2) is 22.0 Å². The van der Waals surface area contributed by atoms with Crippen LogP contribution in [-0.2, 0) is 25.8 Å². The smallest absolute Gasteiger partial charge is 0.261 e. The number of benzene rings is 2. The monoisotopic (exact) mass is 354 g/mol. The molecule has 0 saturated carbocycles. The zero-order valence-corrected chi connectivity index (χ0v) is 14.4. The van der Waals surface area contributed by atoms with E-state index in [1.165, 1.54) is 12.1 Å². The Balaban J connectivity index is 2.30. The van der Waals surface area contributed by atoms with Gasteiger partial charge in [0.25, 0.3) is 10.0 Å². The van der Waals surface area contributed by atoms with E-state index in [0.717, 1.165) is 11.1 Å². The summed E-state index contributed by atoms with van der Waals surface area (Å²) in [6.07, 6.45) is 0. The van der Waals surface area contributed by atoms with E-state index in [1.54, 1.807) is 30.3 Å². The topological polar surface area (TPSA) is 106 Å². The highest BCUT2D eigenvalue weighted by atomic mass is 32.2. The van der Waals surface area contributed by atoms with Gasteiger partial charge in [0.2, 0.25) is 10.0 Å². The summed E-state index contributed by atoms with van der Waals surface area (Å²) < 4.78 is 49.5. The minimum atomic E-state index is -3.74. The molecule has 0 amide bonds. The average molecular weight is 354 g/mol. The van der Waals surface area contributed by atoms with Crippen LogP contribution in [-0.4, -0.2) is 16.8 Å². The number of primary sulfonamides is 1. The molecule has 2 aromatic carbocycles. The van der Waals surface area contributed by atoms with Gasteiger partial charge in [0.15, 0.2) is 0 Å². The lowest BCUT2D eigenvalue weighted by atomic mass is 10.1. The van der Waals surface area contributed by atoms with Crippen LogP contribution in [0.3, 0.4) is 0 Å². The average Bonchev–Trinajstić information content (AvgIpc) is 2.39. The van der Waals surface area contributed by atoms with E-state index < -0.39 is 20.0 Å². The first-order valence-corrected chi connectivity index (χ1v) is 9.96. The number of nitrogens with two attached hydrogens (primary N) is 1. The van der Waals surface area contributed by atoms with E-state index in [2.05, 4.69) is 4.72 Å². The van der Waals surface area contributed by atoms with Crippen LogP contribution in [0.25, 0.3) is 0 Å². The van der Waals surface area contributed by atoms with Crippen LogP contribution >= 0.6 is 0 Å². The Hall–Kier alpha value is -1.90. The van der Waals surface area contributed by atoms with Gasteiger partial charge in [-0.3, -0.25) is 4.72 Å². The molecule has 0 aromatic heterocycles. The molecule has 2 rings (SSSR count). The number of rotatable bonds is 5. The number of sulfonamides is 2. The van der Waals surface area contributed by atoms with Gasteiger partial charge in [-0.05, 0) is 54.8 Å². The lowest BCUT2D eigenvalue weighted by Crippen LogP contribution is -2.15. The van der Waals surface area contributed by atoms with Crippen molar-refractivity contribution in [3.8, 4) is 0 Å². The molecular formula is C15H18N2O4S2. The summed E-state index contributed by atoms with van der Waals surface area (Å²) in [7, 11) is -7.42. The van der Waals surface area contributed by atoms with Crippen molar-refractivity contribution in [1.29, 1.82) is 0 Å². The Morgan fingerprint density at radius 1 is 0.957 bits per heavy atom. The molecule has 0 unspecified atom stereocenters. The van der Waals surface area contributed by atoms with Gasteiger partial charge in [-0.1, -0.05) is 18.2 Å². The van der Waals surface area contributed by atoms with Crippen LogP contribution in [0.5, 0.6) is 0 Å². The van der Waals surface area contributed by atoms with Gasteiger partial charge in [0, 0.05) is 5.69 Å². The largest absolute Gasteiger partial charge is 0.280 e. The van der Waals surface area contributed by atoms with Crippen molar-refractivity contribution in [3.63, 3.8) is 0 Å². The summed E-state index contributed by atoms with van der Waals surface area (Å²) in [5.74, 6) is -0.355. The lowest BCUT2D eigenvalue weighted by Gasteiger charge is -2.10. The number of hydrogen-bond donors (Lipinski definition) is 2. The molecule has 2 aromatic rings. The van der Waals surface area contributed by atoms with E-state index >= 15 is 0 Å². The second kappa shape index (κ2) is 6.31. The fourth-order valence-corrected chi connectivity index (χ4v) is 3.83. The summed E-state index contributed by atoms with van der Waals surface area (Å²) in [6, 6.07) is 11.0.